The number of nitrogens with zero attached hydrogens (tertiary/aromatic N) is 3. The molecule has 2 N–H and O–H groups in total. The first-order valence-electron chi connectivity index (χ1n) is 8.68. The van der Waals surface area contributed by atoms with Crippen molar-refractivity contribution in [1.82, 2.24) is 20.4 Å². The minimum atomic E-state index is 0. The predicted molar refractivity (Wildman–Crippen MR) is 126 cm³/mol. The van der Waals surface area contributed by atoms with Crippen LogP contribution in [0.1, 0.15) is 35.7 Å². The summed E-state index contributed by atoms with van der Waals surface area (Å²) in [4.78, 5) is 6.06. The highest BCUT2D eigenvalue weighted by Crippen LogP contribution is 2.22. The van der Waals surface area contributed by atoms with Crippen LogP contribution in [-0.2, 0) is 19.9 Å². The minimum Gasteiger partial charge on any atom is -0.357 e. The molecule has 2 aromatic heterocycles. The molecule has 0 saturated carbocycles. The summed E-state index contributed by atoms with van der Waals surface area (Å²) in [6, 6.07) is 4.53. The van der Waals surface area contributed by atoms with Crippen LogP contribution in [0, 0.1) is 13.8 Å². The smallest absolute Gasteiger partial charge is 0.191 e. The minimum absolute atomic E-state index is 0. The van der Waals surface area contributed by atoms with Gasteiger partial charge < -0.3 is 10.6 Å². The van der Waals surface area contributed by atoms with Gasteiger partial charge in [-0.3, -0.25) is 9.67 Å². The molecule has 0 saturated heterocycles. The van der Waals surface area contributed by atoms with Gasteiger partial charge in [0.1, 0.15) is 0 Å². The largest absolute Gasteiger partial charge is 0.357 e. The van der Waals surface area contributed by atoms with E-state index in [1.165, 1.54) is 19.9 Å². The van der Waals surface area contributed by atoms with E-state index in [4.69, 9.17) is 4.99 Å². The van der Waals surface area contributed by atoms with Gasteiger partial charge in [-0.15, -0.1) is 35.3 Å². The summed E-state index contributed by atoms with van der Waals surface area (Å²) in [5.74, 6) is 0.879. The quantitative estimate of drug-likeness (QED) is 0.307. The van der Waals surface area contributed by atoms with Gasteiger partial charge >= 0.3 is 0 Å². The van der Waals surface area contributed by atoms with Crippen LogP contribution in [0.15, 0.2) is 20.9 Å². The third-order valence-electron chi connectivity index (χ3n) is 4.15. The third-order valence-corrected chi connectivity index (χ3v) is 5.84. The van der Waals surface area contributed by atoms with Crippen LogP contribution >= 0.6 is 51.2 Å². The number of halogens is 2. The number of aromatic nitrogens is 2. The van der Waals surface area contributed by atoms with Crippen LogP contribution in [0.25, 0.3) is 0 Å². The zero-order valence-electron chi connectivity index (χ0n) is 16.1. The Hall–Kier alpha value is -0.610. The molecule has 1 unspecified atom stereocenters. The number of rotatable bonds is 7. The molecule has 0 spiro atoms. The summed E-state index contributed by atoms with van der Waals surface area (Å²) in [6.07, 6.45) is 1.90. The van der Waals surface area contributed by atoms with Crippen molar-refractivity contribution in [1.29, 1.82) is 0 Å². The average molecular weight is 554 g/mol. The number of nitrogens with one attached hydrogen (secondary N) is 2. The van der Waals surface area contributed by atoms with Crippen molar-refractivity contribution in [3.63, 3.8) is 0 Å². The fourth-order valence-corrected chi connectivity index (χ4v) is 4.26. The molecule has 0 amide bonds. The number of hydrogen-bond acceptors (Lipinski definition) is 3. The zero-order valence-corrected chi connectivity index (χ0v) is 20.8. The van der Waals surface area contributed by atoms with Gasteiger partial charge in [-0.1, -0.05) is 0 Å². The molecule has 146 valence electrons. The summed E-state index contributed by atoms with van der Waals surface area (Å²) in [5, 5.41) is 11.4. The molecule has 2 heterocycles. The second-order valence-electron chi connectivity index (χ2n) is 6.24. The molecule has 0 bridgehead atoms. The number of aryl methyl sites for hydroxylation is 2. The van der Waals surface area contributed by atoms with Crippen LogP contribution in [-0.4, -0.2) is 34.9 Å². The molecule has 2 aromatic rings. The molecule has 0 aliphatic heterocycles. The van der Waals surface area contributed by atoms with Crippen molar-refractivity contribution in [2.24, 2.45) is 12.0 Å². The third kappa shape index (κ3) is 6.84. The van der Waals surface area contributed by atoms with E-state index >= 15 is 0 Å². The lowest BCUT2D eigenvalue weighted by Crippen LogP contribution is -2.43. The lowest BCUT2D eigenvalue weighted by Gasteiger charge is -2.18. The number of thiophene rings is 1. The van der Waals surface area contributed by atoms with Crippen molar-refractivity contribution in [2.45, 2.75) is 46.6 Å². The first kappa shape index (κ1) is 23.4. The Morgan fingerprint density at radius 3 is 2.65 bits per heavy atom. The molecular formula is C18H29BrIN5S. The van der Waals surface area contributed by atoms with Crippen molar-refractivity contribution >= 4 is 57.2 Å². The molecule has 0 fully saturated rings. The second kappa shape index (κ2) is 11.3. The Morgan fingerprint density at radius 2 is 2.12 bits per heavy atom. The van der Waals surface area contributed by atoms with E-state index in [1.54, 1.807) is 11.3 Å². The fourth-order valence-electron chi connectivity index (χ4n) is 2.79. The molecule has 26 heavy (non-hydrogen) atoms. The van der Waals surface area contributed by atoms with Gasteiger partial charge in [-0.2, -0.15) is 5.10 Å². The number of guanidine groups is 1. The zero-order chi connectivity index (χ0) is 18.4. The van der Waals surface area contributed by atoms with Crippen LogP contribution in [0.2, 0.25) is 0 Å². The Labute approximate surface area is 186 Å². The topological polar surface area (TPSA) is 54.2 Å². The summed E-state index contributed by atoms with van der Waals surface area (Å²) >= 11 is 5.28. The maximum Gasteiger partial charge on any atom is 0.191 e. The average Bonchev–Trinajstić information content (AvgIpc) is 3.06. The molecule has 2 rings (SSSR count). The molecule has 0 aromatic carbocycles. The van der Waals surface area contributed by atoms with E-state index in [-0.39, 0.29) is 30.0 Å². The fraction of sp³-hybridized carbons (Fsp3) is 0.556. The highest BCUT2D eigenvalue weighted by molar-refractivity contribution is 14.0. The van der Waals surface area contributed by atoms with Gasteiger partial charge in [0.2, 0.25) is 0 Å². The SMILES string of the molecule is CCNC(=NCCc1ccc(Br)s1)NC(C)Cc1c(C)nn(C)c1C.I. The van der Waals surface area contributed by atoms with Gasteiger partial charge in [0.05, 0.1) is 9.48 Å². The standard InChI is InChI=1S/C18H28BrN5S.HI/c1-6-20-18(21-10-9-15-7-8-17(19)25-15)22-12(2)11-16-13(3)23-24(5)14(16)4;/h7-8,12H,6,9-11H2,1-5H3,(H2,20,21,22);1H. The molecule has 0 aliphatic rings. The van der Waals surface area contributed by atoms with Crippen molar-refractivity contribution in [3.8, 4) is 0 Å². The molecule has 0 aliphatic carbocycles. The van der Waals surface area contributed by atoms with Gasteiger partial charge in [0.25, 0.3) is 0 Å². The monoisotopic (exact) mass is 553 g/mol. The summed E-state index contributed by atoms with van der Waals surface area (Å²) in [5.41, 5.74) is 3.66. The first-order valence-corrected chi connectivity index (χ1v) is 10.3. The normalized spacial score (nSPS) is 12.6. The number of hydrogen-bond donors (Lipinski definition) is 2. The molecular weight excluding hydrogens is 525 g/mol. The maximum atomic E-state index is 4.71. The first-order chi connectivity index (χ1) is 11.9. The van der Waals surface area contributed by atoms with E-state index < -0.39 is 0 Å². The Balaban J connectivity index is 0.00000338. The summed E-state index contributed by atoms with van der Waals surface area (Å²) in [6.45, 7) is 10.1. The van der Waals surface area contributed by atoms with Gasteiger partial charge in [0.15, 0.2) is 5.96 Å². The molecule has 0 radical (unpaired) electrons. The lowest BCUT2D eigenvalue weighted by atomic mass is 10.1. The van der Waals surface area contributed by atoms with Crippen LogP contribution in [0.4, 0.5) is 0 Å². The predicted octanol–water partition coefficient (Wildman–Crippen LogP) is 4.21. The lowest BCUT2D eigenvalue weighted by molar-refractivity contribution is 0.636. The Morgan fingerprint density at radius 1 is 1.38 bits per heavy atom. The maximum absolute atomic E-state index is 4.71. The van der Waals surface area contributed by atoms with Gasteiger partial charge in [-0.25, -0.2) is 0 Å². The Bertz CT molecular complexity index is 725. The van der Waals surface area contributed by atoms with E-state index in [9.17, 15) is 0 Å². The highest BCUT2D eigenvalue weighted by atomic mass is 127. The summed E-state index contributed by atoms with van der Waals surface area (Å²) in [7, 11) is 2.00. The van der Waals surface area contributed by atoms with E-state index in [2.05, 4.69) is 71.5 Å². The van der Waals surface area contributed by atoms with E-state index in [1.807, 2.05) is 11.7 Å². The van der Waals surface area contributed by atoms with Crippen LogP contribution in [0.5, 0.6) is 0 Å². The second-order valence-corrected chi connectivity index (χ2v) is 8.79. The van der Waals surface area contributed by atoms with E-state index in [0.717, 1.165) is 37.6 Å². The van der Waals surface area contributed by atoms with Crippen molar-refractivity contribution in [3.05, 3.63) is 37.7 Å². The number of aliphatic imine (C=N–C) groups is 1. The Kier molecular flexibility index (Phi) is 10.2. The summed E-state index contributed by atoms with van der Waals surface area (Å²) < 4.78 is 3.13. The van der Waals surface area contributed by atoms with Crippen LogP contribution < -0.4 is 10.6 Å². The van der Waals surface area contributed by atoms with E-state index in [0.29, 0.717) is 0 Å². The molecule has 8 heteroatoms. The van der Waals surface area contributed by atoms with Crippen molar-refractivity contribution < 1.29 is 0 Å². The van der Waals surface area contributed by atoms with Crippen molar-refractivity contribution in [2.75, 3.05) is 13.1 Å². The van der Waals surface area contributed by atoms with Crippen LogP contribution in [0.3, 0.4) is 0 Å². The molecule has 1 atom stereocenters. The molecule has 5 nitrogen and oxygen atoms in total. The van der Waals surface area contributed by atoms with Gasteiger partial charge in [-0.05, 0) is 67.7 Å². The van der Waals surface area contributed by atoms with Gasteiger partial charge in [0, 0.05) is 43.2 Å². The highest BCUT2D eigenvalue weighted by Gasteiger charge is 2.14.